The molecule has 0 bridgehead atoms. The average molecular weight is 313 g/mol. The van der Waals surface area contributed by atoms with Crippen LogP contribution in [0.15, 0.2) is 46.2 Å². The first-order chi connectivity index (χ1) is 11.0. The van der Waals surface area contributed by atoms with Gasteiger partial charge in [-0.1, -0.05) is 30.3 Å². The molecule has 0 fully saturated rings. The molecule has 7 heteroatoms. The quantitative estimate of drug-likeness (QED) is 0.704. The van der Waals surface area contributed by atoms with Gasteiger partial charge in [0.1, 0.15) is 0 Å². The number of rotatable bonds is 4. The molecule has 0 atom stereocenters. The van der Waals surface area contributed by atoms with Crippen molar-refractivity contribution in [2.75, 3.05) is 7.05 Å². The normalized spacial score (nSPS) is 11.5. The van der Waals surface area contributed by atoms with E-state index in [9.17, 15) is 9.59 Å². The molecular weight excluding hydrogens is 294 g/mol. The number of aromatic nitrogens is 4. The van der Waals surface area contributed by atoms with E-state index in [4.69, 9.17) is 0 Å². The fourth-order valence-corrected chi connectivity index (χ4v) is 2.71. The second-order valence-corrected chi connectivity index (χ2v) is 5.73. The van der Waals surface area contributed by atoms with Crippen LogP contribution in [-0.4, -0.2) is 30.6 Å². The number of hydrogen-bond acceptors (Lipinski definition) is 4. The second kappa shape index (κ2) is 5.85. The highest BCUT2D eigenvalue weighted by molar-refractivity contribution is 5.69. The standard InChI is InChI=1S/C16H19N5O2/c1-18(9-12-7-5-4-6-8-12)11-21-10-17-14-13(21)15(22)20(3)16(23)19(14)2/h4-8,10H,9,11H2,1-3H3. The molecule has 120 valence electrons. The van der Waals surface area contributed by atoms with Gasteiger partial charge in [0.15, 0.2) is 11.2 Å². The average Bonchev–Trinajstić information content (AvgIpc) is 2.95. The van der Waals surface area contributed by atoms with Crippen LogP contribution in [0, 0.1) is 0 Å². The third-order valence-corrected chi connectivity index (χ3v) is 3.91. The molecule has 0 N–H and O–H groups in total. The van der Waals surface area contributed by atoms with Crippen molar-refractivity contribution in [3.8, 4) is 0 Å². The van der Waals surface area contributed by atoms with E-state index < -0.39 is 0 Å². The minimum absolute atomic E-state index is 0.325. The summed E-state index contributed by atoms with van der Waals surface area (Å²) in [6.07, 6.45) is 1.60. The third-order valence-electron chi connectivity index (χ3n) is 3.91. The van der Waals surface area contributed by atoms with E-state index >= 15 is 0 Å². The molecule has 3 rings (SSSR count). The van der Waals surface area contributed by atoms with Gasteiger partial charge in [0, 0.05) is 20.6 Å². The lowest BCUT2D eigenvalue weighted by molar-refractivity contribution is 0.264. The van der Waals surface area contributed by atoms with E-state index in [1.807, 2.05) is 25.2 Å². The maximum absolute atomic E-state index is 12.4. The van der Waals surface area contributed by atoms with Gasteiger partial charge in [0.2, 0.25) is 0 Å². The lowest BCUT2D eigenvalue weighted by Gasteiger charge is -2.17. The Labute approximate surface area is 133 Å². The van der Waals surface area contributed by atoms with Gasteiger partial charge in [0.25, 0.3) is 5.56 Å². The van der Waals surface area contributed by atoms with Crippen molar-refractivity contribution < 1.29 is 0 Å². The van der Waals surface area contributed by atoms with Gasteiger partial charge in [-0.2, -0.15) is 0 Å². The van der Waals surface area contributed by atoms with Crippen LogP contribution in [0.3, 0.4) is 0 Å². The first kappa shape index (κ1) is 15.2. The molecule has 0 unspecified atom stereocenters. The molecule has 1 aromatic carbocycles. The maximum Gasteiger partial charge on any atom is 0.332 e. The van der Waals surface area contributed by atoms with Crippen molar-refractivity contribution >= 4 is 11.2 Å². The van der Waals surface area contributed by atoms with Crippen LogP contribution in [0.2, 0.25) is 0 Å². The molecular formula is C16H19N5O2. The molecule has 0 aliphatic heterocycles. The van der Waals surface area contributed by atoms with Crippen LogP contribution in [0.1, 0.15) is 5.56 Å². The summed E-state index contributed by atoms with van der Waals surface area (Å²) in [6, 6.07) is 10.1. The van der Waals surface area contributed by atoms with Gasteiger partial charge >= 0.3 is 5.69 Å². The minimum atomic E-state index is -0.370. The number of nitrogens with zero attached hydrogens (tertiary/aromatic N) is 5. The number of benzene rings is 1. The zero-order chi connectivity index (χ0) is 16.6. The fraction of sp³-hybridized carbons (Fsp3) is 0.312. The van der Waals surface area contributed by atoms with Gasteiger partial charge in [-0.3, -0.25) is 18.8 Å². The van der Waals surface area contributed by atoms with Crippen molar-refractivity contribution in [2.24, 2.45) is 14.1 Å². The van der Waals surface area contributed by atoms with Crippen LogP contribution in [-0.2, 0) is 27.3 Å². The Morgan fingerprint density at radius 3 is 2.48 bits per heavy atom. The highest BCUT2D eigenvalue weighted by atomic mass is 16.2. The lowest BCUT2D eigenvalue weighted by atomic mass is 10.2. The van der Waals surface area contributed by atoms with Crippen molar-refractivity contribution in [3.05, 3.63) is 63.1 Å². The van der Waals surface area contributed by atoms with E-state index in [0.717, 1.165) is 11.1 Å². The maximum atomic E-state index is 12.4. The Morgan fingerprint density at radius 1 is 1.09 bits per heavy atom. The van der Waals surface area contributed by atoms with E-state index in [0.29, 0.717) is 17.8 Å². The highest BCUT2D eigenvalue weighted by Crippen LogP contribution is 2.08. The number of hydrogen-bond donors (Lipinski definition) is 0. The molecule has 0 amide bonds. The van der Waals surface area contributed by atoms with Gasteiger partial charge < -0.3 is 4.57 Å². The van der Waals surface area contributed by atoms with Crippen LogP contribution >= 0.6 is 0 Å². The Hall–Kier alpha value is -2.67. The van der Waals surface area contributed by atoms with Gasteiger partial charge in [-0.25, -0.2) is 9.78 Å². The van der Waals surface area contributed by atoms with E-state index in [1.54, 1.807) is 17.9 Å². The van der Waals surface area contributed by atoms with Gasteiger partial charge in [-0.15, -0.1) is 0 Å². The van der Waals surface area contributed by atoms with Crippen LogP contribution in [0.4, 0.5) is 0 Å². The molecule has 23 heavy (non-hydrogen) atoms. The van der Waals surface area contributed by atoms with Crippen LogP contribution < -0.4 is 11.2 Å². The predicted octanol–water partition coefficient (Wildman–Crippen LogP) is 0.523. The second-order valence-electron chi connectivity index (χ2n) is 5.73. The van der Waals surface area contributed by atoms with Crippen molar-refractivity contribution in [3.63, 3.8) is 0 Å². The summed E-state index contributed by atoms with van der Waals surface area (Å²) in [6.45, 7) is 1.27. The molecule has 0 aliphatic rings. The lowest BCUT2D eigenvalue weighted by Crippen LogP contribution is -2.38. The highest BCUT2D eigenvalue weighted by Gasteiger charge is 2.15. The number of imidazole rings is 1. The summed E-state index contributed by atoms with van der Waals surface area (Å²) in [4.78, 5) is 30.6. The molecule has 2 heterocycles. The molecule has 7 nitrogen and oxygen atoms in total. The Morgan fingerprint density at radius 2 is 1.78 bits per heavy atom. The van der Waals surface area contributed by atoms with E-state index in [1.165, 1.54) is 17.2 Å². The predicted molar refractivity (Wildman–Crippen MR) is 88.1 cm³/mol. The summed E-state index contributed by atoms with van der Waals surface area (Å²) < 4.78 is 4.28. The summed E-state index contributed by atoms with van der Waals surface area (Å²) >= 11 is 0. The molecule has 0 saturated carbocycles. The van der Waals surface area contributed by atoms with Crippen molar-refractivity contribution in [1.29, 1.82) is 0 Å². The zero-order valence-corrected chi connectivity index (χ0v) is 13.4. The first-order valence-electron chi connectivity index (χ1n) is 7.32. The largest absolute Gasteiger partial charge is 0.332 e. The van der Waals surface area contributed by atoms with Crippen molar-refractivity contribution in [2.45, 2.75) is 13.2 Å². The van der Waals surface area contributed by atoms with Crippen molar-refractivity contribution in [1.82, 2.24) is 23.6 Å². The molecule has 0 aliphatic carbocycles. The number of fused-ring (bicyclic) bond motifs is 1. The smallest absolute Gasteiger partial charge is 0.311 e. The van der Waals surface area contributed by atoms with Gasteiger partial charge in [-0.05, 0) is 12.6 Å². The SMILES string of the molecule is CN(Cc1ccccc1)Cn1cnc2c1c(=O)n(C)c(=O)n2C. The van der Waals surface area contributed by atoms with E-state index in [2.05, 4.69) is 22.0 Å². The molecule has 0 spiro atoms. The summed E-state index contributed by atoms with van der Waals surface area (Å²) in [5, 5.41) is 0. The Bertz CT molecular complexity index is 952. The van der Waals surface area contributed by atoms with E-state index in [-0.39, 0.29) is 11.2 Å². The van der Waals surface area contributed by atoms with Crippen LogP contribution in [0.5, 0.6) is 0 Å². The summed E-state index contributed by atoms with van der Waals surface area (Å²) in [5.74, 6) is 0. The first-order valence-corrected chi connectivity index (χ1v) is 7.32. The molecule has 0 radical (unpaired) electrons. The summed E-state index contributed by atoms with van der Waals surface area (Å²) in [7, 11) is 5.08. The number of aryl methyl sites for hydroxylation is 1. The fourth-order valence-electron chi connectivity index (χ4n) is 2.71. The Kier molecular flexibility index (Phi) is 3.87. The monoisotopic (exact) mass is 313 g/mol. The zero-order valence-electron chi connectivity index (χ0n) is 13.4. The van der Waals surface area contributed by atoms with Crippen LogP contribution in [0.25, 0.3) is 11.2 Å². The topological polar surface area (TPSA) is 65.1 Å². The van der Waals surface area contributed by atoms with Gasteiger partial charge in [0.05, 0.1) is 13.0 Å². The molecule has 2 aromatic heterocycles. The molecule has 0 saturated heterocycles. The third kappa shape index (κ3) is 2.70. The summed E-state index contributed by atoms with van der Waals surface area (Å²) in [5.41, 5.74) is 1.35. The Balaban J connectivity index is 1.95. The minimum Gasteiger partial charge on any atom is -0.311 e. The molecule has 3 aromatic rings.